The van der Waals surface area contributed by atoms with Gasteiger partial charge in [0.2, 0.25) is 15.9 Å². The second kappa shape index (κ2) is 7.41. The first-order chi connectivity index (χ1) is 11.3. The molecule has 1 amide bonds. The number of nitrogens with two attached hydrogens (primary N) is 1. The highest BCUT2D eigenvalue weighted by atomic mass is 32.2. The number of hydrogen-bond donors (Lipinski definition) is 2. The van der Waals surface area contributed by atoms with Crippen molar-refractivity contribution in [1.29, 1.82) is 0 Å². The Bertz CT molecular complexity index is 825. The van der Waals surface area contributed by atoms with Crippen LogP contribution in [0.1, 0.15) is 5.56 Å². The fourth-order valence-electron chi connectivity index (χ4n) is 2.16. The summed E-state index contributed by atoms with van der Waals surface area (Å²) in [6, 6.07) is 10.7. The van der Waals surface area contributed by atoms with E-state index in [0.29, 0.717) is 0 Å². The highest BCUT2D eigenvalue weighted by Gasteiger charge is 2.27. The largest absolute Gasteiger partial charge is 0.495 e. The van der Waals surface area contributed by atoms with Crippen molar-refractivity contribution in [1.82, 2.24) is 4.72 Å². The van der Waals surface area contributed by atoms with Crippen LogP contribution in [0, 0.1) is 5.82 Å². The average molecular weight is 352 g/mol. The van der Waals surface area contributed by atoms with Crippen LogP contribution in [0.4, 0.5) is 4.39 Å². The molecule has 0 heterocycles. The topological polar surface area (TPSA) is 98.5 Å². The van der Waals surface area contributed by atoms with Crippen LogP contribution in [0.2, 0.25) is 0 Å². The standard InChI is InChI=1S/C16H17FN2O4S/c1-23-14-8-7-12(17)10-15(14)24(21,22)19-13(16(18)20)9-11-5-3-2-4-6-11/h2-8,10,13,19H,9H2,1H3,(H2,18,20)/t13-/m0/s1. The SMILES string of the molecule is COc1ccc(F)cc1S(=O)(=O)N[C@@H](Cc1ccccc1)C(N)=O. The quantitative estimate of drug-likeness (QED) is 0.782. The summed E-state index contributed by atoms with van der Waals surface area (Å²) >= 11 is 0. The van der Waals surface area contributed by atoms with Crippen molar-refractivity contribution >= 4 is 15.9 Å². The van der Waals surface area contributed by atoms with Crippen LogP contribution < -0.4 is 15.2 Å². The minimum Gasteiger partial charge on any atom is -0.495 e. The summed E-state index contributed by atoms with van der Waals surface area (Å²) in [5, 5.41) is 0. The van der Waals surface area contributed by atoms with Crippen molar-refractivity contribution in [3.05, 3.63) is 59.9 Å². The molecule has 128 valence electrons. The molecule has 0 aliphatic rings. The summed E-state index contributed by atoms with van der Waals surface area (Å²) in [5.74, 6) is -1.61. The highest BCUT2D eigenvalue weighted by molar-refractivity contribution is 7.89. The monoisotopic (exact) mass is 352 g/mol. The zero-order valence-corrected chi connectivity index (χ0v) is 13.7. The maximum Gasteiger partial charge on any atom is 0.245 e. The minimum atomic E-state index is -4.21. The van der Waals surface area contributed by atoms with Crippen LogP contribution in [0.3, 0.4) is 0 Å². The van der Waals surface area contributed by atoms with Gasteiger partial charge in [0.15, 0.2) is 0 Å². The number of benzene rings is 2. The third-order valence-electron chi connectivity index (χ3n) is 3.34. The molecule has 1 atom stereocenters. The number of ether oxygens (including phenoxy) is 1. The fourth-order valence-corrected chi connectivity index (χ4v) is 3.55. The number of rotatable bonds is 7. The summed E-state index contributed by atoms with van der Waals surface area (Å²) in [7, 11) is -2.94. The summed E-state index contributed by atoms with van der Waals surface area (Å²) in [4.78, 5) is 11.2. The number of carbonyl (C=O) groups is 1. The van der Waals surface area contributed by atoms with Gasteiger partial charge in [0.05, 0.1) is 7.11 Å². The van der Waals surface area contributed by atoms with Gasteiger partial charge in [0, 0.05) is 0 Å². The molecule has 0 saturated carbocycles. The molecule has 6 nitrogen and oxygen atoms in total. The van der Waals surface area contributed by atoms with Crippen molar-refractivity contribution in [3.63, 3.8) is 0 Å². The van der Waals surface area contributed by atoms with Crippen LogP contribution in [0.25, 0.3) is 0 Å². The molecule has 0 fully saturated rings. The normalized spacial score (nSPS) is 12.6. The Labute approximate surface area is 139 Å². The molecule has 0 bridgehead atoms. The van der Waals surface area contributed by atoms with Gasteiger partial charge in [-0.15, -0.1) is 0 Å². The van der Waals surface area contributed by atoms with Crippen molar-refractivity contribution < 1.29 is 22.3 Å². The second-order valence-electron chi connectivity index (χ2n) is 5.06. The molecule has 2 rings (SSSR count). The number of sulfonamides is 1. The van der Waals surface area contributed by atoms with E-state index in [1.165, 1.54) is 13.2 Å². The van der Waals surface area contributed by atoms with Gasteiger partial charge < -0.3 is 10.5 Å². The maximum atomic E-state index is 13.4. The lowest BCUT2D eigenvalue weighted by atomic mass is 10.1. The lowest BCUT2D eigenvalue weighted by molar-refractivity contribution is -0.119. The van der Waals surface area contributed by atoms with E-state index in [1.54, 1.807) is 30.3 Å². The minimum absolute atomic E-state index is 0.0353. The Hall–Kier alpha value is -2.45. The number of amides is 1. The van der Waals surface area contributed by atoms with Gasteiger partial charge in [-0.3, -0.25) is 4.79 Å². The first-order valence-electron chi connectivity index (χ1n) is 7.02. The Morgan fingerprint density at radius 3 is 2.50 bits per heavy atom. The molecule has 0 aliphatic heterocycles. The Morgan fingerprint density at radius 1 is 1.25 bits per heavy atom. The van der Waals surface area contributed by atoms with Crippen LogP contribution in [-0.2, 0) is 21.2 Å². The molecular formula is C16H17FN2O4S. The number of halogens is 1. The molecule has 2 aromatic carbocycles. The van der Waals surface area contributed by atoms with Crippen molar-refractivity contribution in [2.45, 2.75) is 17.4 Å². The van der Waals surface area contributed by atoms with E-state index in [-0.39, 0.29) is 12.2 Å². The fraction of sp³-hybridized carbons (Fsp3) is 0.188. The van der Waals surface area contributed by atoms with Gasteiger partial charge in [-0.1, -0.05) is 30.3 Å². The van der Waals surface area contributed by atoms with E-state index in [1.807, 2.05) is 0 Å². The Kier molecular flexibility index (Phi) is 5.53. The second-order valence-corrected chi connectivity index (χ2v) is 6.74. The van der Waals surface area contributed by atoms with E-state index in [2.05, 4.69) is 4.72 Å². The Balaban J connectivity index is 2.31. The molecule has 8 heteroatoms. The predicted octanol–water partition coefficient (Wildman–Crippen LogP) is 1.21. The molecule has 24 heavy (non-hydrogen) atoms. The number of nitrogens with one attached hydrogen (secondary N) is 1. The lowest BCUT2D eigenvalue weighted by Gasteiger charge is -2.17. The average Bonchev–Trinajstić information content (AvgIpc) is 2.55. The van der Waals surface area contributed by atoms with Gasteiger partial charge in [0.1, 0.15) is 22.5 Å². The molecule has 0 aromatic heterocycles. The van der Waals surface area contributed by atoms with Crippen LogP contribution in [-0.4, -0.2) is 27.5 Å². The van der Waals surface area contributed by atoms with E-state index < -0.39 is 32.7 Å². The molecular weight excluding hydrogens is 335 g/mol. The molecule has 0 unspecified atom stereocenters. The third-order valence-corrected chi connectivity index (χ3v) is 4.83. The van der Waals surface area contributed by atoms with Crippen LogP contribution in [0.5, 0.6) is 5.75 Å². The summed E-state index contributed by atoms with van der Waals surface area (Å²) in [6.07, 6.45) is 0.0764. The van der Waals surface area contributed by atoms with Crippen LogP contribution in [0.15, 0.2) is 53.4 Å². The molecule has 3 N–H and O–H groups in total. The zero-order chi connectivity index (χ0) is 17.7. The Morgan fingerprint density at radius 2 is 1.92 bits per heavy atom. The van der Waals surface area contributed by atoms with E-state index >= 15 is 0 Å². The molecule has 0 radical (unpaired) electrons. The van der Waals surface area contributed by atoms with E-state index in [0.717, 1.165) is 17.7 Å². The number of carbonyl (C=O) groups excluding carboxylic acids is 1. The lowest BCUT2D eigenvalue weighted by Crippen LogP contribution is -2.45. The smallest absolute Gasteiger partial charge is 0.245 e. The van der Waals surface area contributed by atoms with Crippen LogP contribution >= 0.6 is 0 Å². The first-order valence-corrected chi connectivity index (χ1v) is 8.51. The molecule has 0 saturated heterocycles. The summed E-state index contributed by atoms with van der Waals surface area (Å²) in [6.45, 7) is 0. The molecule has 0 spiro atoms. The summed E-state index contributed by atoms with van der Waals surface area (Å²) in [5.41, 5.74) is 6.03. The van der Waals surface area contributed by atoms with Gasteiger partial charge in [-0.25, -0.2) is 12.8 Å². The van der Waals surface area contributed by atoms with Gasteiger partial charge in [-0.2, -0.15) is 4.72 Å². The number of primary amides is 1. The van der Waals surface area contributed by atoms with E-state index in [4.69, 9.17) is 10.5 Å². The number of hydrogen-bond acceptors (Lipinski definition) is 4. The maximum absolute atomic E-state index is 13.4. The number of methoxy groups -OCH3 is 1. The van der Waals surface area contributed by atoms with Gasteiger partial charge >= 0.3 is 0 Å². The summed E-state index contributed by atoms with van der Waals surface area (Å²) < 4.78 is 45.6. The van der Waals surface area contributed by atoms with Crippen molar-refractivity contribution in [3.8, 4) is 5.75 Å². The molecule has 0 aliphatic carbocycles. The van der Waals surface area contributed by atoms with Gasteiger partial charge in [0.25, 0.3) is 0 Å². The predicted molar refractivity (Wildman–Crippen MR) is 86.4 cm³/mol. The third kappa shape index (κ3) is 4.30. The zero-order valence-electron chi connectivity index (χ0n) is 12.9. The first kappa shape index (κ1) is 17.9. The highest BCUT2D eigenvalue weighted by Crippen LogP contribution is 2.24. The van der Waals surface area contributed by atoms with Crippen molar-refractivity contribution in [2.24, 2.45) is 5.73 Å². The van der Waals surface area contributed by atoms with Gasteiger partial charge in [-0.05, 0) is 30.2 Å². The molecule has 2 aromatic rings. The van der Waals surface area contributed by atoms with Crippen molar-refractivity contribution in [2.75, 3.05) is 7.11 Å². The van der Waals surface area contributed by atoms with E-state index in [9.17, 15) is 17.6 Å².